The topological polar surface area (TPSA) is 90.2 Å². The molecule has 0 amide bonds. The summed E-state index contributed by atoms with van der Waals surface area (Å²) in [5, 5.41) is 40.3. The second kappa shape index (κ2) is 9.73. The molecule has 0 aliphatic carbocycles. The predicted octanol–water partition coefficient (Wildman–Crippen LogP) is 2.21. The summed E-state index contributed by atoms with van der Waals surface area (Å²) in [5.74, 6) is 6.13. The molecule has 1 aliphatic rings. The molecule has 1 fully saturated rings. The molecule has 5 nitrogen and oxygen atoms in total. The summed E-state index contributed by atoms with van der Waals surface area (Å²) in [7, 11) is 0. The van der Waals surface area contributed by atoms with Gasteiger partial charge in [0, 0.05) is 17.0 Å². The Kier molecular flexibility index (Phi) is 7.31. The first-order valence-corrected chi connectivity index (χ1v) is 9.99. The highest BCUT2D eigenvalue weighted by Gasteiger charge is 2.43. The van der Waals surface area contributed by atoms with Crippen LogP contribution in [0.1, 0.15) is 41.7 Å². The van der Waals surface area contributed by atoms with E-state index in [1.54, 1.807) is 12.1 Å². The predicted molar refractivity (Wildman–Crippen MR) is 111 cm³/mol. The van der Waals surface area contributed by atoms with Crippen LogP contribution in [0.5, 0.6) is 0 Å². The van der Waals surface area contributed by atoms with E-state index in [0.29, 0.717) is 17.0 Å². The van der Waals surface area contributed by atoms with Crippen LogP contribution in [0.4, 0.5) is 0 Å². The second-order valence-electron chi connectivity index (χ2n) is 7.13. The van der Waals surface area contributed by atoms with Gasteiger partial charge < -0.3 is 25.2 Å². The van der Waals surface area contributed by atoms with Crippen molar-refractivity contribution in [1.82, 2.24) is 0 Å². The fourth-order valence-electron chi connectivity index (χ4n) is 3.40. The number of aliphatic hydroxyl groups is 4. The van der Waals surface area contributed by atoms with Gasteiger partial charge in [-0.2, -0.15) is 0 Å². The van der Waals surface area contributed by atoms with Crippen molar-refractivity contribution in [3.63, 3.8) is 0 Å². The van der Waals surface area contributed by atoms with Crippen molar-refractivity contribution in [1.29, 1.82) is 0 Å². The summed E-state index contributed by atoms with van der Waals surface area (Å²) in [6.07, 6.45) is -4.57. The average Bonchev–Trinajstić information content (AvgIpc) is 2.73. The van der Waals surface area contributed by atoms with Crippen molar-refractivity contribution < 1.29 is 25.2 Å². The molecule has 0 spiro atoms. The number of hydrogen-bond donors (Lipinski definition) is 4. The zero-order valence-electron chi connectivity index (χ0n) is 16.1. The number of halogens is 1. The van der Waals surface area contributed by atoms with E-state index < -0.39 is 37.1 Å². The van der Waals surface area contributed by atoms with Gasteiger partial charge in [0.2, 0.25) is 0 Å². The average molecular weight is 417 g/mol. The molecule has 29 heavy (non-hydrogen) atoms. The van der Waals surface area contributed by atoms with Crippen molar-refractivity contribution in [2.45, 2.75) is 50.3 Å². The standard InChI is InChI=1S/C23H25ClO5/c1-2-3-4-14-5-7-15(8-6-14)11-17-12-16(9-10-18(17)24)23-22(28)21(27)20(26)19(13-25)29-23/h5-10,12,19-23,25-28H,2,11,13H2,1H3/t19?,20-,21+,22-,23+/m1/s1. The molecule has 2 aromatic carbocycles. The van der Waals surface area contributed by atoms with Crippen molar-refractivity contribution in [3.8, 4) is 11.8 Å². The van der Waals surface area contributed by atoms with E-state index in [-0.39, 0.29) is 0 Å². The molecule has 3 rings (SSSR count). The third kappa shape index (κ3) is 4.99. The lowest BCUT2D eigenvalue weighted by Gasteiger charge is -2.40. The monoisotopic (exact) mass is 416 g/mol. The van der Waals surface area contributed by atoms with Gasteiger partial charge in [0.15, 0.2) is 0 Å². The fourth-order valence-corrected chi connectivity index (χ4v) is 3.58. The Balaban J connectivity index is 1.82. The number of aliphatic hydroxyl groups excluding tert-OH is 4. The van der Waals surface area contributed by atoms with Crippen LogP contribution in [0.15, 0.2) is 42.5 Å². The maximum atomic E-state index is 10.4. The zero-order chi connectivity index (χ0) is 21.0. The number of ether oxygens (including phenoxy) is 1. The van der Waals surface area contributed by atoms with Crippen LogP contribution in [0.25, 0.3) is 0 Å². The highest BCUT2D eigenvalue weighted by atomic mass is 35.5. The molecule has 0 saturated carbocycles. The van der Waals surface area contributed by atoms with Crippen LogP contribution >= 0.6 is 11.6 Å². The summed E-state index contributed by atoms with van der Waals surface area (Å²) in [6.45, 7) is 1.54. The van der Waals surface area contributed by atoms with Gasteiger partial charge >= 0.3 is 0 Å². The molecule has 154 valence electrons. The Hall–Kier alpha value is -1.91. The first kappa shape index (κ1) is 21.8. The second-order valence-corrected chi connectivity index (χ2v) is 7.54. The Labute approximate surface area is 175 Å². The smallest absolute Gasteiger partial charge is 0.113 e. The summed E-state index contributed by atoms with van der Waals surface area (Å²) in [4.78, 5) is 0. The van der Waals surface area contributed by atoms with Crippen LogP contribution in [0, 0.1) is 11.8 Å². The first-order valence-electron chi connectivity index (χ1n) is 9.61. The largest absolute Gasteiger partial charge is 0.394 e. The van der Waals surface area contributed by atoms with Gasteiger partial charge in [0.05, 0.1) is 6.61 Å². The highest BCUT2D eigenvalue weighted by Crippen LogP contribution is 2.34. The normalized spacial score (nSPS) is 26.6. The van der Waals surface area contributed by atoms with Gasteiger partial charge in [-0.15, -0.1) is 0 Å². The van der Waals surface area contributed by atoms with E-state index in [1.807, 2.05) is 37.3 Å². The quantitative estimate of drug-likeness (QED) is 0.574. The van der Waals surface area contributed by atoms with Crippen molar-refractivity contribution in [2.75, 3.05) is 6.61 Å². The van der Waals surface area contributed by atoms with Gasteiger partial charge in [-0.3, -0.25) is 0 Å². The number of rotatable bonds is 4. The molecule has 6 heteroatoms. The Morgan fingerprint density at radius 1 is 1.00 bits per heavy atom. The minimum Gasteiger partial charge on any atom is -0.394 e. The van der Waals surface area contributed by atoms with Crippen LogP contribution in [0.2, 0.25) is 5.02 Å². The van der Waals surface area contributed by atoms with Crippen LogP contribution in [0.3, 0.4) is 0 Å². The van der Waals surface area contributed by atoms with E-state index in [2.05, 4.69) is 11.8 Å². The third-order valence-corrected chi connectivity index (χ3v) is 5.42. The Bertz CT molecular complexity index is 884. The maximum absolute atomic E-state index is 10.4. The summed E-state index contributed by atoms with van der Waals surface area (Å²) >= 11 is 6.37. The lowest BCUT2D eigenvalue weighted by molar-refractivity contribution is -0.231. The molecule has 2 aromatic rings. The maximum Gasteiger partial charge on any atom is 0.113 e. The van der Waals surface area contributed by atoms with Crippen LogP contribution in [-0.2, 0) is 11.2 Å². The fraction of sp³-hybridized carbons (Fsp3) is 0.391. The highest BCUT2D eigenvalue weighted by molar-refractivity contribution is 6.31. The SMILES string of the molecule is CCC#Cc1ccc(Cc2cc([C@@H]3OC(CO)[C@@H](O)[C@H](O)[C@H]3O)ccc2Cl)cc1. The molecule has 1 aliphatic heterocycles. The lowest BCUT2D eigenvalue weighted by atomic mass is 9.90. The summed E-state index contributed by atoms with van der Waals surface area (Å²) < 4.78 is 5.65. The zero-order valence-corrected chi connectivity index (χ0v) is 16.9. The number of benzene rings is 2. The van der Waals surface area contributed by atoms with Crippen LogP contribution in [-0.4, -0.2) is 51.4 Å². The first-order chi connectivity index (χ1) is 13.9. The summed E-state index contributed by atoms with van der Waals surface area (Å²) in [6, 6.07) is 13.2. The molecule has 0 radical (unpaired) electrons. The van der Waals surface area contributed by atoms with E-state index in [4.69, 9.17) is 16.3 Å². The molecule has 0 bridgehead atoms. The molecule has 1 heterocycles. The van der Waals surface area contributed by atoms with Crippen LogP contribution < -0.4 is 0 Å². The molecular weight excluding hydrogens is 392 g/mol. The number of hydrogen-bond acceptors (Lipinski definition) is 5. The Morgan fingerprint density at radius 2 is 1.72 bits per heavy atom. The lowest BCUT2D eigenvalue weighted by Crippen LogP contribution is -2.55. The summed E-state index contributed by atoms with van der Waals surface area (Å²) in [5.41, 5.74) is 3.47. The van der Waals surface area contributed by atoms with Crippen molar-refractivity contribution >= 4 is 11.6 Å². The molecule has 4 N–H and O–H groups in total. The van der Waals surface area contributed by atoms with E-state index in [0.717, 1.165) is 23.1 Å². The Morgan fingerprint density at radius 3 is 2.38 bits per heavy atom. The van der Waals surface area contributed by atoms with E-state index in [9.17, 15) is 20.4 Å². The van der Waals surface area contributed by atoms with Gasteiger partial charge in [0.1, 0.15) is 30.5 Å². The van der Waals surface area contributed by atoms with E-state index in [1.165, 1.54) is 0 Å². The van der Waals surface area contributed by atoms with Gasteiger partial charge in [0.25, 0.3) is 0 Å². The molecule has 1 unspecified atom stereocenters. The van der Waals surface area contributed by atoms with Crippen molar-refractivity contribution in [2.24, 2.45) is 0 Å². The molecular formula is C23H25ClO5. The molecule has 1 saturated heterocycles. The minimum absolute atomic E-state index is 0.463. The molecule has 0 aromatic heterocycles. The van der Waals surface area contributed by atoms with Gasteiger partial charge in [-0.1, -0.05) is 54.6 Å². The third-order valence-electron chi connectivity index (χ3n) is 5.05. The van der Waals surface area contributed by atoms with Crippen molar-refractivity contribution in [3.05, 3.63) is 69.7 Å². The minimum atomic E-state index is -1.41. The molecule has 5 atom stereocenters. The van der Waals surface area contributed by atoms with Gasteiger partial charge in [-0.05, 0) is 41.3 Å². The van der Waals surface area contributed by atoms with Gasteiger partial charge in [-0.25, -0.2) is 0 Å². The van der Waals surface area contributed by atoms with E-state index >= 15 is 0 Å².